The van der Waals surface area contributed by atoms with E-state index in [9.17, 15) is 19.2 Å². The van der Waals surface area contributed by atoms with Crippen molar-refractivity contribution in [3.8, 4) is 11.5 Å². The molecule has 1 heterocycles. The number of methoxy groups -OCH3 is 2. The molecule has 1 fully saturated rings. The number of thioether (sulfide) groups is 1. The number of imide groups is 1. The Balaban J connectivity index is 1.73. The maximum atomic E-state index is 12.5. The van der Waals surface area contributed by atoms with Crippen molar-refractivity contribution in [3.63, 3.8) is 0 Å². The van der Waals surface area contributed by atoms with E-state index in [2.05, 4.69) is 10.1 Å². The second kappa shape index (κ2) is 10.9. The molecule has 0 aliphatic carbocycles. The van der Waals surface area contributed by atoms with Crippen LogP contribution >= 0.6 is 23.4 Å². The van der Waals surface area contributed by atoms with Crippen LogP contribution in [-0.2, 0) is 19.1 Å². The summed E-state index contributed by atoms with van der Waals surface area (Å²) in [6, 6.07) is 11.9. The van der Waals surface area contributed by atoms with Crippen molar-refractivity contribution in [3.05, 3.63) is 58.0 Å². The summed E-state index contributed by atoms with van der Waals surface area (Å²) in [6.45, 7) is -0.781. The minimum absolute atomic E-state index is 0.109. The van der Waals surface area contributed by atoms with Crippen LogP contribution in [0.15, 0.2) is 47.4 Å². The van der Waals surface area contributed by atoms with Crippen LogP contribution in [0.5, 0.6) is 11.5 Å². The molecule has 33 heavy (non-hydrogen) atoms. The summed E-state index contributed by atoms with van der Waals surface area (Å²) in [4.78, 5) is 49.0. The maximum absolute atomic E-state index is 12.5. The summed E-state index contributed by atoms with van der Waals surface area (Å²) in [7, 11) is 2.57. The van der Waals surface area contributed by atoms with Gasteiger partial charge in [-0.05, 0) is 47.7 Å². The molecule has 0 radical (unpaired) electrons. The third kappa shape index (κ3) is 6.05. The molecule has 2 aromatic rings. The number of carbonyl (C=O) groups excluding carboxylic acids is 4. The number of hydrogen-bond acceptors (Lipinski definition) is 8. The van der Waals surface area contributed by atoms with Gasteiger partial charge in [-0.25, -0.2) is 0 Å². The Morgan fingerprint density at radius 3 is 2.55 bits per heavy atom. The number of benzene rings is 2. The third-order valence-corrected chi connectivity index (χ3v) is 5.53. The van der Waals surface area contributed by atoms with E-state index in [1.54, 1.807) is 30.3 Å². The smallest absolute Gasteiger partial charge is 0.325 e. The molecular weight excluding hydrogens is 472 g/mol. The monoisotopic (exact) mass is 490 g/mol. The highest BCUT2D eigenvalue weighted by atomic mass is 35.5. The number of para-hydroxylation sites is 1. The van der Waals surface area contributed by atoms with Gasteiger partial charge in [-0.2, -0.15) is 0 Å². The molecule has 0 atom stereocenters. The lowest BCUT2D eigenvalue weighted by Crippen LogP contribution is -2.34. The molecule has 0 aromatic heterocycles. The van der Waals surface area contributed by atoms with E-state index >= 15 is 0 Å². The molecule has 0 spiro atoms. The van der Waals surface area contributed by atoms with Gasteiger partial charge in [0.1, 0.15) is 6.54 Å². The predicted octanol–water partition coefficient (Wildman–Crippen LogP) is 3.58. The summed E-state index contributed by atoms with van der Waals surface area (Å²) < 4.78 is 15.4. The summed E-state index contributed by atoms with van der Waals surface area (Å²) in [5.74, 6) is -1.33. The fraction of sp³-hybridized carbons (Fsp3) is 0.182. The quantitative estimate of drug-likeness (QED) is 0.441. The minimum atomic E-state index is -0.707. The Labute approximate surface area is 198 Å². The van der Waals surface area contributed by atoms with Crippen LogP contribution < -0.4 is 14.8 Å². The molecule has 3 rings (SSSR count). The molecule has 2 aromatic carbocycles. The van der Waals surface area contributed by atoms with E-state index in [0.29, 0.717) is 23.0 Å². The number of carbonyl (C=O) groups is 4. The predicted molar refractivity (Wildman–Crippen MR) is 123 cm³/mol. The van der Waals surface area contributed by atoms with Gasteiger partial charge in [-0.1, -0.05) is 29.8 Å². The second-order valence-electron chi connectivity index (χ2n) is 6.58. The lowest BCUT2D eigenvalue weighted by molar-refractivity contribution is -0.143. The molecule has 172 valence electrons. The van der Waals surface area contributed by atoms with E-state index in [4.69, 9.17) is 21.1 Å². The topological polar surface area (TPSA) is 111 Å². The highest BCUT2D eigenvalue weighted by Crippen LogP contribution is 2.39. The van der Waals surface area contributed by atoms with Crippen molar-refractivity contribution < 1.29 is 33.4 Å². The van der Waals surface area contributed by atoms with Crippen LogP contribution in [0, 0.1) is 0 Å². The number of rotatable bonds is 8. The van der Waals surface area contributed by atoms with Gasteiger partial charge in [0.25, 0.3) is 17.1 Å². The van der Waals surface area contributed by atoms with Gasteiger partial charge in [-0.15, -0.1) is 0 Å². The molecule has 9 nitrogen and oxygen atoms in total. The van der Waals surface area contributed by atoms with Crippen LogP contribution in [0.3, 0.4) is 0 Å². The van der Waals surface area contributed by atoms with Gasteiger partial charge in [0.2, 0.25) is 0 Å². The van der Waals surface area contributed by atoms with Gasteiger partial charge in [0.05, 0.1) is 24.1 Å². The molecular formula is C22H19ClN2O7S. The average Bonchev–Trinajstić information content (AvgIpc) is 3.05. The normalized spacial score (nSPS) is 14.4. The third-order valence-electron chi connectivity index (χ3n) is 4.34. The van der Waals surface area contributed by atoms with E-state index < -0.39 is 23.7 Å². The number of ether oxygens (including phenoxy) is 3. The number of nitrogens with one attached hydrogen (secondary N) is 1. The molecule has 0 saturated carbocycles. The highest BCUT2D eigenvalue weighted by Gasteiger charge is 2.36. The SMILES string of the molecule is COC(=O)CN1C(=O)S/C(=C\c2cc(Cl)c(OCC(=O)Nc3ccccc3)c(OC)c2)C1=O. The largest absolute Gasteiger partial charge is 0.493 e. The second-order valence-corrected chi connectivity index (χ2v) is 7.98. The average molecular weight is 491 g/mol. The number of anilines is 1. The van der Waals surface area contributed by atoms with E-state index in [-0.39, 0.29) is 33.9 Å². The summed E-state index contributed by atoms with van der Waals surface area (Å²) in [5.41, 5.74) is 1.09. The molecule has 0 unspecified atom stereocenters. The van der Waals surface area contributed by atoms with Crippen molar-refractivity contribution in [2.75, 3.05) is 32.7 Å². The zero-order valence-corrected chi connectivity index (χ0v) is 19.2. The zero-order valence-electron chi connectivity index (χ0n) is 17.6. The molecule has 1 aliphatic rings. The van der Waals surface area contributed by atoms with Gasteiger partial charge in [0.15, 0.2) is 18.1 Å². The number of hydrogen-bond donors (Lipinski definition) is 1. The Morgan fingerprint density at radius 2 is 1.88 bits per heavy atom. The van der Waals surface area contributed by atoms with Crippen LogP contribution in [0.4, 0.5) is 10.5 Å². The van der Waals surface area contributed by atoms with Crippen LogP contribution in [0.2, 0.25) is 5.02 Å². The van der Waals surface area contributed by atoms with E-state index in [1.165, 1.54) is 26.4 Å². The number of halogens is 1. The molecule has 1 N–H and O–H groups in total. The summed E-state index contributed by atoms with van der Waals surface area (Å²) >= 11 is 7.02. The standard InChI is InChI=1S/C22H19ClN2O7S/c1-30-16-9-13(10-17-21(28)25(22(29)33-17)11-19(27)31-2)8-15(23)20(16)32-12-18(26)24-14-6-4-3-5-7-14/h3-10H,11-12H2,1-2H3,(H,24,26)/b17-10-. The van der Waals surface area contributed by atoms with Gasteiger partial charge in [0, 0.05) is 5.69 Å². The van der Waals surface area contributed by atoms with Crippen molar-refractivity contribution >= 4 is 58.1 Å². The zero-order chi connectivity index (χ0) is 24.0. The summed E-state index contributed by atoms with van der Waals surface area (Å²) in [5, 5.41) is 2.25. The fourth-order valence-corrected chi connectivity index (χ4v) is 3.91. The number of esters is 1. The molecule has 11 heteroatoms. The molecule has 1 saturated heterocycles. The number of amides is 3. The van der Waals surface area contributed by atoms with Crippen molar-refractivity contribution in [2.24, 2.45) is 0 Å². The first-order chi connectivity index (χ1) is 15.8. The first kappa shape index (κ1) is 24.1. The van der Waals surface area contributed by atoms with Gasteiger partial charge in [-0.3, -0.25) is 24.1 Å². The van der Waals surface area contributed by atoms with E-state index in [0.717, 1.165) is 4.90 Å². The first-order valence-corrected chi connectivity index (χ1v) is 10.7. The Kier molecular flexibility index (Phi) is 7.96. The Hall–Kier alpha value is -3.50. The first-order valence-electron chi connectivity index (χ1n) is 9.49. The van der Waals surface area contributed by atoms with E-state index in [1.807, 2.05) is 6.07 Å². The minimum Gasteiger partial charge on any atom is -0.493 e. The van der Waals surface area contributed by atoms with Crippen LogP contribution in [0.1, 0.15) is 5.56 Å². The van der Waals surface area contributed by atoms with Crippen molar-refractivity contribution in [1.29, 1.82) is 0 Å². The fourth-order valence-electron chi connectivity index (χ4n) is 2.80. The van der Waals surface area contributed by atoms with Crippen LogP contribution in [0.25, 0.3) is 6.08 Å². The van der Waals surface area contributed by atoms with Gasteiger partial charge < -0.3 is 19.5 Å². The Bertz CT molecular complexity index is 1120. The lowest BCUT2D eigenvalue weighted by Gasteiger charge is -2.13. The lowest BCUT2D eigenvalue weighted by atomic mass is 10.1. The highest BCUT2D eigenvalue weighted by molar-refractivity contribution is 8.18. The molecule has 0 bridgehead atoms. The molecule has 1 aliphatic heterocycles. The van der Waals surface area contributed by atoms with Gasteiger partial charge >= 0.3 is 5.97 Å². The maximum Gasteiger partial charge on any atom is 0.325 e. The molecule has 3 amide bonds. The van der Waals surface area contributed by atoms with Crippen molar-refractivity contribution in [1.82, 2.24) is 4.90 Å². The van der Waals surface area contributed by atoms with Crippen molar-refractivity contribution in [2.45, 2.75) is 0 Å². The Morgan fingerprint density at radius 1 is 1.15 bits per heavy atom. The number of nitrogens with zero attached hydrogens (tertiary/aromatic N) is 1. The van der Waals surface area contributed by atoms with Crippen LogP contribution in [-0.4, -0.2) is 55.3 Å². The summed E-state index contributed by atoms with van der Waals surface area (Å²) in [6.07, 6.45) is 1.45.